The fourth-order valence-corrected chi connectivity index (χ4v) is 1.71. The first-order valence-corrected chi connectivity index (χ1v) is 5.87. The van der Waals surface area contributed by atoms with E-state index in [9.17, 15) is 4.79 Å². The predicted octanol–water partition coefficient (Wildman–Crippen LogP) is 0.799. The molecule has 1 rings (SSSR count). The van der Waals surface area contributed by atoms with Crippen LogP contribution >= 0.6 is 0 Å². The second-order valence-electron chi connectivity index (χ2n) is 4.14. The first kappa shape index (κ1) is 12.5. The van der Waals surface area contributed by atoms with E-state index in [4.69, 9.17) is 10.5 Å². The van der Waals surface area contributed by atoms with Crippen LogP contribution in [-0.2, 0) is 9.53 Å². The van der Waals surface area contributed by atoms with Crippen molar-refractivity contribution in [3.63, 3.8) is 0 Å². The molecule has 88 valence electrons. The van der Waals surface area contributed by atoms with Gasteiger partial charge >= 0.3 is 0 Å². The topological polar surface area (TPSA) is 64.4 Å². The van der Waals surface area contributed by atoms with Crippen LogP contribution in [0.15, 0.2) is 0 Å². The number of carbonyl (C=O) groups is 1. The summed E-state index contributed by atoms with van der Waals surface area (Å²) in [4.78, 5) is 11.6. The van der Waals surface area contributed by atoms with Gasteiger partial charge in [-0.3, -0.25) is 4.79 Å². The standard InChI is InChI=1S/C11H22N2O2/c1-2-3-4-10(12)11(14)13-9-5-7-15-8-6-9/h9-10H,2-8,12H2,1H3,(H,13,14). The van der Waals surface area contributed by atoms with Crippen LogP contribution in [0.4, 0.5) is 0 Å². The van der Waals surface area contributed by atoms with E-state index in [-0.39, 0.29) is 18.0 Å². The Morgan fingerprint density at radius 3 is 2.80 bits per heavy atom. The highest BCUT2D eigenvalue weighted by molar-refractivity contribution is 5.81. The molecular formula is C11H22N2O2. The Morgan fingerprint density at radius 1 is 1.53 bits per heavy atom. The maximum Gasteiger partial charge on any atom is 0.237 e. The van der Waals surface area contributed by atoms with Crippen LogP contribution in [0.3, 0.4) is 0 Å². The van der Waals surface area contributed by atoms with Gasteiger partial charge in [-0.15, -0.1) is 0 Å². The Balaban J connectivity index is 2.20. The van der Waals surface area contributed by atoms with Crippen LogP contribution in [0.1, 0.15) is 39.0 Å². The molecule has 15 heavy (non-hydrogen) atoms. The molecule has 1 amide bonds. The minimum absolute atomic E-state index is 0.00431. The average Bonchev–Trinajstić information content (AvgIpc) is 2.27. The van der Waals surface area contributed by atoms with Crippen LogP contribution in [-0.4, -0.2) is 31.2 Å². The largest absolute Gasteiger partial charge is 0.381 e. The van der Waals surface area contributed by atoms with E-state index in [1.165, 1.54) is 0 Å². The molecule has 3 N–H and O–H groups in total. The SMILES string of the molecule is CCCCC(N)C(=O)NC1CCOCC1. The Kier molecular flexibility index (Phi) is 5.65. The van der Waals surface area contributed by atoms with Gasteiger partial charge < -0.3 is 15.8 Å². The third kappa shape index (κ3) is 4.62. The summed E-state index contributed by atoms with van der Waals surface area (Å²) in [6.07, 6.45) is 4.70. The molecule has 4 heteroatoms. The Bertz CT molecular complexity index is 191. The number of rotatable bonds is 5. The van der Waals surface area contributed by atoms with E-state index in [0.29, 0.717) is 0 Å². The molecule has 1 aliphatic rings. The van der Waals surface area contributed by atoms with Crippen LogP contribution in [0.5, 0.6) is 0 Å². The first-order chi connectivity index (χ1) is 7.24. The highest BCUT2D eigenvalue weighted by atomic mass is 16.5. The normalized spacial score (nSPS) is 19.9. The summed E-state index contributed by atoms with van der Waals surface area (Å²) in [6, 6.07) is -0.0771. The Hall–Kier alpha value is -0.610. The fraction of sp³-hybridized carbons (Fsp3) is 0.909. The van der Waals surface area contributed by atoms with Crippen molar-refractivity contribution in [3.05, 3.63) is 0 Å². The van der Waals surface area contributed by atoms with Gasteiger partial charge in [0.15, 0.2) is 0 Å². The molecule has 0 aliphatic carbocycles. The lowest BCUT2D eigenvalue weighted by atomic mass is 10.1. The molecule has 1 fully saturated rings. The molecule has 1 heterocycles. The lowest BCUT2D eigenvalue weighted by molar-refractivity contribution is -0.123. The summed E-state index contributed by atoms with van der Waals surface area (Å²) >= 11 is 0. The van der Waals surface area contributed by atoms with Crippen molar-refractivity contribution in [1.29, 1.82) is 0 Å². The second kappa shape index (κ2) is 6.80. The van der Waals surface area contributed by atoms with Crippen molar-refractivity contribution in [2.75, 3.05) is 13.2 Å². The summed E-state index contributed by atoms with van der Waals surface area (Å²) < 4.78 is 5.22. The van der Waals surface area contributed by atoms with E-state index in [1.807, 2.05) is 0 Å². The number of nitrogens with one attached hydrogen (secondary N) is 1. The van der Waals surface area contributed by atoms with Gasteiger partial charge in [0.2, 0.25) is 5.91 Å². The van der Waals surface area contributed by atoms with Gasteiger partial charge in [0.1, 0.15) is 0 Å². The molecule has 0 spiro atoms. The van der Waals surface area contributed by atoms with Crippen LogP contribution in [0, 0.1) is 0 Å². The Labute approximate surface area is 91.5 Å². The van der Waals surface area contributed by atoms with Crippen molar-refractivity contribution in [1.82, 2.24) is 5.32 Å². The number of hydrogen-bond donors (Lipinski definition) is 2. The molecule has 0 aromatic carbocycles. The van der Waals surface area contributed by atoms with Crippen LogP contribution in [0.25, 0.3) is 0 Å². The van der Waals surface area contributed by atoms with E-state index in [1.54, 1.807) is 0 Å². The molecule has 1 unspecified atom stereocenters. The monoisotopic (exact) mass is 214 g/mol. The van der Waals surface area contributed by atoms with E-state index < -0.39 is 0 Å². The molecule has 0 saturated carbocycles. The smallest absolute Gasteiger partial charge is 0.237 e. The van der Waals surface area contributed by atoms with Crippen molar-refractivity contribution in [2.45, 2.75) is 51.1 Å². The molecule has 0 bridgehead atoms. The molecule has 1 atom stereocenters. The Morgan fingerprint density at radius 2 is 2.20 bits per heavy atom. The molecule has 0 radical (unpaired) electrons. The fourth-order valence-electron chi connectivity index (χ4n) is 1.71. The summed E-state index contributed by atoms with van der Waals surface area (Å²) in [7, 11) is 0. The summed E-state index contributed by atoms with van der Waals surface area (Å²) in [6.45, 7) is 3.59. The molecule has 4 nitrogen and oxygen atoms in total. The number of hydrogen-bond acceptors (Lipinski definition) is 3. The third-order valence-electron chi connectivity index (χ3n) is 2.77. The number of unbranched alkanes of at least 4 members (excludes halogenated alkanes) is 1. The van der Waals surface area contributed by atoms with Gasteiger partial charge in [-0.2, -0.15) is 0 Å². The lowest BCUT2D eigenvalue weighted by Crippen LogP contribution is -2.47. The van der Waals surface area contributed by atoms with Gasteiger partial charge in [-0.1, -0.05) is 19.8 Å². The van der Waals surface area contributed by atoms with Gasteiger partial charge in [-0.25, -0.2) is 0 Å². The first-order valence-electron chi connectivity index (χ1n) is 5.87. The molecular weight excluding hydrogens is 192 g/mol. The highest BCUT2D eigenvalue weighted by Gasteiger charge is 2.19. The number of amides is 1. The molecule has 0 aromatic rings. The van der Waals surface area contributed by atoms with Crippen molar-refractivity contribution in [2.24, 2.45) is 5.73 Å². The summed E-state index contributed by atoms with van der Waals surface area (Å²) in [5, 5.41) is 2.98. The highest BCUT2D eigenvalue weighted by Crippen LogP contribution is 2.07. The summed E-state index contributed by atoms with van der Waals surface area (Å²) in [5.41, 5.74) is 5.78. The van der Waals surface area contributed by atoms with Gasteiger partial charge in [-0.05, 0) is 19.3 Å². The van der Waals surface area contributed by atoms with Crippen LogP contribution in [0.2, 0.25) is 0 Å². The van der Waals surface area contributed by atoms with Crippen molar-refractivity contribution in [3.8, 4) is 0 Å². The average molecular weight is 214 g/mol. The van der Waals surface area contributed by atoms with Crippen LogP contribution < -0.4 is 11.1 Å². The minimum atomic E-state index is -0.340. The molecule has 0 aromatic heterocycles. The maximum atomic E-state index is 11.6. The maximum absolute atomic E-state index is 11.6. The second-order valence-corrected chi connectivity index (χ2v) is 4.14. The zero-order valence-corrected chi connectivity index (χ0v) is 9.50. The lowest BCUT2D eigenvalue weighted by Gasteiger charge is -2.24. The minimum Gasteiger partial charge on any atom is -0.381 e. The van der Waals surface area contributed by atoms with Gasteiger partial charge in [0.25, 0.3) is 0 Å². The number of carbonyl (C=O) groups excluding carboxylic acids is 1. The third-order valence-corrected chi connectivity index (χ3v) is 2.77. The molecule has 1 aliphatic heterocycles. The van der Waals surface area contributed by atoms with Gasteiger partial charge in [0, 0.05) is 19.3 Å². The van der Waals surface area contributed by atoms with Crippen molar-refractivity contribution >= 4 is 5.91 Å². The zero-order chi connectivity index (χ0) is 11.1. The summed E-state index contributed by atoms with van der Waals surface area (Å²) in [5.74, 6) is -0.00431. The number of nitrogens with two attached hydrogens (primary N) is 1. The van der Waals surface area contributed by atoms with Gasteiger partial charge in [0.05, 0.1) is 6.04 Å². The zero-order valence-electron chi connectivity index (χ0n) is 9.50. The van der Waals surface area contributed by atoms with E-state index in [2.05, 4.69) is 12.2 Å². The quantitative estimate of drug-likeness (QED) is 0.711. The predicted molar refractivity (Wildman–Crippen MR) is 59.5 cm³/mol. The van der Waals surface area contributed by atoms with E-state index in [0.717, 1.165) is 45.3 Å². The van der Waals surface area contributed by atoms with Crippen molar-refractivity contribution < 1.29 is 9.53 Å². The molecule has 1 saturated heterocycles. The number of ether oxygens (including phenoxy) is 1. The van der Waals surface area contributed by atoms with E-state index >= 15 is 0 Å².